The van der Waals surface area contributed by atoms with Gasteiger partial charge in [0.15, 0.2) is 0 Å². The molecule has 1 N–H and O–H groups in total. The molecule has 1 aliphatic carbocycles. The SMILES string of the molecule is C#CC(C)NC1C2CCCOC2C1(C)C. The maximum atomic E-state index is 5.85. The first-order valence-corrected chi connectivity index (χ1v) is 5.91. The third-order valence-electron chi connectivity index (χ3n) is 4.01. The summed E-state index contributed by atoms with van der Waals surface area (Å²) in [6.07, 6.45) is 8.33. The van der Waals surface area contributed by atoms with Crippen LogP contribution in [0.5, 0.6) is 0 Å². The van der Waals surface area contributed by atoms with Crippen LogP contribution in [0.3, 0.4) is 0 Å². The Balaban J connectivity index is 2.02. The average Bonchev–Trinajstić information content (AvgIpc) is 2.25. The molecule has 2 fully saturated rings. The van der Waals surface area contributed by atoms with E-state index in [1.807, 2.05) is 6.92 Å². The van der Waals surface area contributed by atoms with E-state index in [1.54, 1.807) is 0 Å². The van der Waals surface area contributed by atoms with E-state index in [-0.39, 0.29) is 11.5 Å². The fourth-order valence-corrected chi connectivity index (χ4v) is 3.18. The van der Waals surface area contributed by atoms with E-state index in [9.17, 15) is 0 Å². The van der Waals surface area contributed by atoms with Gasteiger partial charge in [0.25, 0.3) is 0 Å². The number of nitrogens with one attached hydrogen (secondary N) is 1. The summed E-state index contributed by atoms with van der Waals surface area (Å²) in [4.78, 5) is 0. The Hall–Kier alpha value is -0.520. The van der Waals surface area contributed by atoms with E-state index in [1.165, 1.54) is 12.8 Å². The predicted octanol–water partition coefficient (Wildman–Crippen LogP) is 1.80. The lowest BCUT2D eigenvalue weighted by Crippen LogP contribution is -2.70. The molecule has 2 aliphatic rings. The van der Waals surface area contributed by atoms with Crippen molar-refractivity contribution in [3.05, 3.63) is 0 Å². The van der Waals surface area contributed by atoms with Crippen molar-refractivity contribution < 1.29 is 4.74 Å². The van der Waals surface area contributed by atoms with Gasteiger partial charge < -0.3 is 10.1 Å². The average molecular weight is 207 g/mol. The minimum Gasteiger partial charge on any atom is -0.377 e. The molecule has 0 radical (unpaired) electrons. The van der Waals surface area contributed by atoms with Crippen molar-refractivity contribution >= 4 is 0 Å². The second-order valence-electron chi connectivity index (χ2n) is 5.45. The molecule has 1 aliphatic heterocycles. The highest BCUT2D eigenvalue weighted by Crippen LogP contribution is 2.51. The van der Waals surface area contributed by atoms with Crippen LogP contribution < -0.4 is 5.32 Å². The summed E-state index contributed by atoms with van der Waals surface area (Å²) in [5.41, 5.74) is 0.232. The number of hydrogen-bond acceptors (Lipinski definition) is 2. The van der Waals surface area contributed by atoms with E-state index < -0.39 is 0 Å². The van der Waals surface area contributed by atoms with E-state index in [0.29, 0.717) is 18.1 Å². The van der Waals surface area contributed by atoms with Gasteiger partial charge in [0, 0.05) is 24.0 Å². The molecule has 2 heteroatoms. The second kappa shape index (κ2) is 3.81. The van der Waals surface area contributed by atoms with Crippen molar-refractivity contribution in [3.63, 3.8) is 0 Å². The molecule has 0 aromatic rings. The summed E-state index contributed by atoms with van der Waals surface area (Å²) >= 11 is 0. The zero-order chi connectivity index (χ0) is 11.1. The van der Waals surface area contributed by atoms with Gasteiger partial charge in [-0.2, -0.15) is 0 Å². The van der Waals surface area contributed by atoms with Gasteiger partial charge >= 0.3 is 0 Å². The number of fused-ring (bicyclic) bond motifs is 1. The maximum absolute atomic E-state index is 5.85. The molecular weight excluding hydrogens is 186 g/mol. The summed E-state index contributed by atoms with van der Waals surface area (Å²) in [6, 6.07) is 0.686. The molecule has 4 atom stereocenters. The summed E-state index contributed by atoms with van der Waals surface area (Å²) in [7, 11) is 0. The van der Waals surface area contributed by atoms with Crippen molar-refractivity contribution in [2.24, 2.45) is 11.3 Å². The van der Waals surface area contributed by atoms with Gasteiger partial charge in [0.2, 0.25) is 0 Å². The van der Waals surface area contributed by atoms with Crippen molar-refractivity contribution in [2.45, 2.75) is 51.8 Å². The van der Waals surface area contributed by atoms with E-state index in [4.69, 9.17) is 11.2 Å². The Kier molecular flexibility index (Phi) is 2.79. The Labute approximate surface area is 92.8 Å². The first kappa shape index (κ1) is 11.0. The zero-order valence-corrected chi connectivity index (χ0v) is 9.92. The molecule has 15 heavy (non-hydrogen) atoms. The van der Waals surface area contributed by atoms with Crippen LogP contribution in [0, 0.1) is 23.7 Å². The predicted molar refractivity (Wildman–Crippen MR) is 61.5 cm³/mol. The van der Waals surface area contributed by atoms with Gasteiger partial charge in [-0.05, 0) is 19.8 Å². The molecule has 0 amide bonds. The largest absolute Gasteiger partial charge is 0.377 e. The molecule has 84 valence electrons. The molecule has 2 rings (SSSR count). The molecule has 0 aromatic heterocycles. The van der Waals surface area contributed by atoms with E-state index in [2.05, 4.69) is 25.1 Å². The van der Waals surface area contributed by atoms with Crippen LogP contribution in [0.15, 0.2) is 0 Å². The quantitative estimate of drug-likeness (QED) is 0.697. The molecule has 2 nitrogen and oxygen atoms in total. The summed E-state index contributed by atoms with van der Waals surface area (Å²) in [5, 5.41) is 3.54. The fourth-order valence-electron chi connectivity index (χ4n) is 3.18. The highest BCUT2D eigenvalue weighted by Gasteiger charge is 2.57. The number of terminal acetylenes is 1. The van der Waals surface area contributed by atoms with Gasteiger partial charge in [-0.25, -0.2) is 0 Å². The van der Waals surface area contributed by atoms with Gasteiger partial charge in [-0.15, -0.1) is 6.42 Å². The molecule has 0 aromatic carbocycles. The third kappa shape index (κ3) is 1.68. The second-order valence-corrected chi connectivity index (χ2v) is 5.45. The minimum absolute atomic E-state index is 0.164. The lowest BCUT2D eigenvalue weighted by Gasteiger charge is -2.60. The third-order valence-corrected chi connectivity index (χ3v) is 4.01. The molecule has 0 bridgehead atoms. The topological polar surface area (TPSA) is 21.3 Å². The van der Waals surface area contributed by atoms with Crippen LogP contribution in [0.1, 0.15) is 33.6 Å². The molecule has 0 spiro atoms. The normalized spacial score (nSPS) is 39.7. The first-order chi connectivity index (χ1) is 7.07. The molecular formula is C13H21NO. The fraction of sp³-hybridized carbons (Fsp3) is 0.846. The molecule has 1 heterocycles. The summed E-state index contributed by atoms with van der Waals surface area (Å²) in [5.74, 6) is 3.42. The Morgan fingerprint density at radius 1 is 1.53 bits per heavy atom. The van der Waals surface area contributed by atoms with Crippen LogP contribution in [0.4, 0.5) is 0 Å². The van der Waals surface area contributed by atoms with Crippen LogP contribution in [0.25, 0.3) is 0 Å². The molecule has 1 saturated heterocycles. The Bertz CT molecular complexity index is 279. The summed E-state index contributed by atoms with van der Waals surface area (Å²) < 4.78 is 5.85. The van der Waals surface area contributed by atoms with Gasteiger partial charge in [0.05, 0.1) is 12.1 Å². The first-order valence-electron chi connectivity index (χ1n) is 5.91. The van der Waals surface area contributed by atoms with Crippen LogP contribution in [-0.2, 0) is 4.74 Å². The number of rotatable bonds is 2. The number of hydrogen-bond donors (Lipinski definition) is 1. The van der Waals surface area contributed by atoms with Gasteiger partial charge in [0.1, 0.15) is 0 Å². The smallest absolute Gasteiger partial charge is 0.0684 e. The van der Waals surface area contributed by atoms with E-state index in [0.717, 1.165) is 6.61 Å². The van der Waals surface area contributed by atoms with Crippen molar-refractivity contribution in [3.8, 4) is 12.3 Å². The Morgan fingerprint density at radius 2 is 2.27 bits per heavy atom. The summed E-state index contributed by atoms with van der Waals surface area (Å²) in [6.45, 7) is 7.54. The standard InChI is InChI=1S/C13H21NO/c1-5-9(2)14-11-10-7-6-8-15-12(10)13(11,3)4/h1,9-12,14H,6-8H2,2-4H3. The maximum Gasteiger partial charge on any atom is 0.0684 e. The zero-order valence-electron chi connectivity index (χ0n) is 9.92. The van der Waals surface area contributed by atoms with Crippen LogP contribution >= 0.6 is 0 Å². The molecule has 4 unspecified atom stereocenters. The monoisotopic (exact) mass is 207 g/mol. The van der Waals surface area contributed by atoms with E-state index >= 15 is 0 Å². The van der Waals surface area contributed by atoms with Crippen molar-refractivity contribution in [2.75, 3.05) is 6.61 Å². The van der Waals surface area contributed by atoms with Crippen LogP contribution in [0.2, 0.25) is 0 Å². The van der Waals surface area contributed by atoms with Crippen LogP contribution in [-0.4, -0.2) is 24.8 Å². The van der Waals surface area contributed by atoms with Gasteiger partial charge in [-0.3, -0.25) is 0 Å². The van der Waals surface area contributed by atoms with Gasteiger partial charge in [-0.1, -0.05) is 19.8 Å². The highest BCUT2D eigenvalue weighted by atomic mass is 16.5. The lowest BCUT2D eigenvalue weighted by molar-refractivity contribution is -0.193. The van der Waals surface area contributed by atoms with Crippen molar-refractivity contribution in [1.82, 2.24) is 5.32 Å². The Morgan fingerprint density at radius 3 is 2.93 bits per heavy atom. The van der Waals surface area contributed by atoms with Crippen molar-refractivity contribution in [1.29, 1.82) is 0 Å². The highest BCUT2D eigenvalue weighted by molar-refractivity contribution is 5.12. The minimum atomic E-state index is 0.164. The lowest BCUT2D eigenvalue weighted by atomic mass is 9.55. The number of ether oxygens (including phenoxy) is 1. The molecule has 1 saturated carbocycles.